The molecule has 2 saturated heterocycles. The summed E-state index contributed by atoms with van der Waals surface area (Å²) < 4.78 is 1.83. The molecule has 2 aliphatic heterocycles. The Hall–Kier alpha value is -1.92. The van der Waals surface area contributed by atoms with Crippen molar-refractivity contribution in [2.24, 2.45) is 0 Å². The topological polar surface area (TPSA) is 71.3 Å². The van der Waals surface area contributed by atoms with Crippen molar-refractivity contribution in [1.82, 2.24) is 24.8 Å². The summed E-state index contributed by atoms with van der Waals surface area (Å²) in [5, 5.41) is 7.90. The normalized spacial score (nSPS) is 23.9. The van der Waals surface area contributed by atoms with Gasteiger partial charge in [0.15, 0.2) is 0 Å². The second-order valence-electron chi connectivity index (χ2n) is 6.08. The van der Waals surface area contributed by atoms with Gasteiger partial charge in [0.25, 0.3) is 0 Å². The molecule has 0 aliphatic carbocycles. The van der Waals surface area contributed by atoms with Crippen LogP contribution >= 0.6 is 0 Å². The predicted molar refractivity (Wildman–Crippen MR) is 79.9 cm³/mol. The van der Waals surface area contributed by atoms with E-state index in [4.69, 9.17) is 0 Å². The highest BCUT2D eigenvalue weighted by Gasteiger charge is 2.35. The van der Waals surface area contributed by atoms with Crippen molar-refractivity contribution in [3.63, 3.8) is 0 Å². The maximum atomic E-state index is 12.9. The molecule has 0 N–H and O–H groups in total. The van der Waals surface area contributed by atoms with Crippen molar-refractivity contribution in [3.05, 3.63) is 12.4 Å². The molecule has 1 aromatic rings. The number of amides is 2. The van der Waals surface area contributed by atoms with E-state index in [9.17, 15) is 9.59 Å². The largest absolute Gasteiger partial charge is 0.339 e. The fourth-order valence-electron chi connectivity index (χ4n) is 3.52. The number of rotatable bonds is 4. The van der Waals surface area contributed by atoms with Crippen molar-refractivity contribution >= 4 is 11.8 Å². The van der Waals surface area contributed by atoms with Crippen LogP contribution in [0.3, 0.4) is 0 Å². The molecule has 7 nitrogen and oxygen atoms in total. The lowest BCUT2D eigenvalue weighted by molar-refractivity contribution is -0.144. The molecule has 0 saturated carbocycles. The van der Waals surface area contributed by atoms with Gasteiger partial charge in [0, 0.05) is 32.3 Å². The van der Waals surface area contributed by atoms with Gasteiger partial charge in [-0.05, 0) is 25.7 Å². The number of hydrogen-bond acceptors (Lipinski definition) is 4. The number of carbonyl (C=O) groups is 2. The van der Waals surface area contributed by atoms with E-state index in [2.05, 4.69) is 10.3 Å². The van der Waals surface area contributed by atoms with Gasteiger partial charge in [0.2, 0.25) is 11.8 Å². The zero-order valence-corrected chi connectivity index (χ0v) is 13.0. The fourth-order valence-corrected chi connectivity index (χ4v) is 3.52. The molecule has 0 aromatic carbocycles. The average molecular weight is 305 g/mol. The van der Waals surface area contributed by atoms with E-state index in [0.717, 1.165) is 25.8 Å². The third-order valence-corrected chi connectivity index (χ3v) is 4.68. The number of nitrogens with zero attached hydrogens (tertiary/aromatic N) is 5. The van der Waals surface area contributed by atoms with E-state index in [0.29, 0.717) is 25.9 Å². The Labute approximate surface area is 130 Å². The molecule has 22 heavy (non-hydrogen) atoms. The van der Waals surface area contributed by atoms with Crippen LogP contribution in [0.25, 0.3) is 0 Å². The van der Waals surface area contributed by atoms with E-state index < -0.39 is 0 Å². The highest BCUT2D eigenvalue weighted by molar-refractivity contribution is 5.88. The van der Waals surface area contributed by atoms with Crippen LogP contribution < -0.4 is 0 Å². The van der Waals surface area contributed by atoms with Gasteiger partial charge in [-0.15, -0.1) is 5.10 Å². The van der Waals surface area contributed by atoms with Gasteiger partial charge < -0.3 is 9.80 Å². The van der Waals surface area contributed by atoms with E-state index in [1.165, 1.54) is 0 Å². The van der Waals surface area contributed by atoms with Gasteiger partial charge >= 0.3 is 0 Å². The Bertz CT molecular complexity index is 530. The first-order valence-electron chi connectivity index (χ1n) is 8.14. The molecular weight excluding hydrogens is 282 g/mol. The fraction of sp³-hybridized carbons (Fsp3) is 0.733. The average Bonchev–Trinajstić information content (AvgIpc) is 3.20. The first-order chi connectivity index (χ1) is 10.7. The van der Waals surface area contributed by atoms with Crippen LogP contribution in [0.2, 0.25) is 0 Å². The van der Waals surface area contributed by atoms with E-state index >= 15 is 0 Å². The minimum atomic E-state index is -0.301. The van der Waals surface area contributed by atoms with Crippen LogP contribution in [-0.2, 0) is 9.59 Å². The number of aromatic nitrogens is 3. The number of likely N-dealkylation sites (tertiary alicyclic amines) is 2. The van der Waals surface area contributed by atoms with Crippen LogP contribution in [0, 0.1) is 0 Å². The Balaban J connectivity index is 1.69. The Morgan fingerprint density at radius 1 is 1.41 bits per heavy atom. The molecule has 1 aromatic heterocycles. The summed E-state index contributed by atoms with van der Waals surface area (Å²) in [6.45, 7) is 4.11. The van der Waals surface area contributed by atoms with Crippen molar-refractivity contribution in [3.8, 4) is 0 Å². The molecule has 0 radical (unpaired) electrons. The summed E-state index contributed by atoms with van der Waals surface area (Å²) in [6, 6.07) is -0.114. The molecule has 2 aliphatic rings. The predicted octanol–water partition coefficient (Wildman–Crippen LogP) is 0.843. The van der Waals surface area contributed by atoms with Gasteiger partial charge in [-0.2, -0.15) is 0 Å². The van der Waals surface area contributed by atoms with Gasteiger partial charge in [0.1, 0.15) is 6.04 Å². The molecular formula is C15H23N5O2. The molecule has 3 rings (SSSR count). The second kappa shape index (κ2) is 6.46. The quantitative estimate of drug-likeness (QED) is 0.826. The third kappa shape index (κ3) is 2.84. The Morgan fingerprint density at radius 3 is 2.91 bits per heavy atom. The molecule has 7 heteroatoms. The first-order valence-corrected chi connectivity index (χ1v) is 8.14. The molecule has 2 atom stereocenters. The zero-order chi connectivity index (χ0) is 15.5. The highest BCUT2D eigenvalue weighted by Crippen LogP contribution is 2.23. The monoisotopic (exact) mass is 305 g/mol. The van der Waals surface area contributed by atoms with Crippen LogP contribution in [-0.4, -0.2) is 62.3 Å². The van der Waals surface area contributed by atoms with E-state index in [1.54, 1.807) is 11.1 Å². The summed E-state index contributed by atoms with van der Waals surface area (Å²) in [6.07, 6.45) is 7.59. The number of hydrogen-bond donors (Lipinski definition) is 0. The lowest BCUT2D eigenvalue weighted by Crippen LogP contribution is -2.51. The van der Waals surface area contributed by atoms with Crippen molar-refractivity contribution in [2.45, 2.75) is 51.1 Å². The molecule has 0 spiro atoms. The summed E-state index contributed by atoms with van der Waals surface area (Å²) in [7, 11) is 0. The van der Waals surface area contributed by atoms with Crippen LogP contribution in [0.4, 0.5) is 0 Å². The lowest BCUT2D eigenvalue weighted by atomic mass is 10.0. The lowest BCUT2D eigenvalue weighted by Gasteiger charge is -2.37. The summed E-state index contributed by atoms with van der Waals surface area (Å²) in [5.74, 6) is 0.201. The van der Waals surface area contributed by atoms with Crippen LogP contribution in [0.1, 0.15) is 45.1 Å². The number of carbonyl (C=O) groups excluding carboxylic acids is 2. The minimum Gasteiger partial charge on any atom is -0.339 e. The number of piperidine rings is 1. The van der Waals surface area contributed by atoms with Crippen molar-refractivity contribution in [2.75, 3.05) is 19.6 Å². The van der Waals surface area contributed by atoms with Gasteiger partial charge in [0.05, 0.1) is 12.2 Å². The van der Waals surface area contributed by atoms with Gasteiger partial charge in [-0.25, -0.2) is 4.68 Å². The van der Waals surface area contributed by atoms with Crippen LogP contribution in [0.5, 0.6) is 0 Å². The molecule has 2 amide bonds. The highest BCUT2D eigenvalue weighted by atomic mass is 16.2. The molecule has 2 fully saturated rings. The SMILES string of the molecule is CCC(C(=O)N1CCCC(n2ccnn2)C1)N1CCCC1=O. The van der Waals surface area contributed by atoms with E-state index in [-0.39, 0.29) is 23.9 Å². The zero-order valence-electron chi connectivity index (χ0n) is 13.0. The Morgan fingerprint density at radius 2 is 2.27 bits per heavy atom. The smallest absolute Gasteiger partial charge is 0.245 e. The van der Waals surface area contributed by atoms with Crippen LogP contribution in [0.15, 0.2) is 12.4 Å². The van der Waals surface area contributed by atoms with Crippen molar-refractivity contribution in [1.29, 1.82) is 0 Å². The summed E-state index contributed by atoms with van der Waals surface area (Å²) >= 11 is 0. The summed E-state index contributed by atoms with van der Waals surface area (Å²) in [4.78, 5) is 28.5. The third-order valence-electron chi connectivity index (χ3n) is 4.68. The maximum absolute atomic E-state index is 12.9. The standard InChI is InChI=1S/C15H23N5O2/c1-2-13(19-9-4-6-14(19)21)15(22)18-8-3-5-12(11-18)20-10-7-16-17-20/h7,10,12-13H,2-6,8-9,11H2,1H3. The van der Waals surface area contributed by atoms with Gasteiger partial charge in [-0.1, -0.05) is 12.1 Å². The van der Waals surface area contributed by atoms with Crippen molar-refractivity contribution < 1.29 is 9.59 Å². The molecule has 120 valence electrons. The Kier molecular flexibility index (Phi) is 4.40. The second-order valence-corrected chi connectivity index (χ2v) is 6.08. The molecule has 3 heterocycles. The summed E-state index contributed by atoms with van der Waals surface area (Å²) in [5.41, 5.74) is 0. The maximum Gasteiger partial charge on any atom is 0.245 e. The molecule has 0 bridgehead atoms. The first kappa shape index (κ1) is 15.0. The molecule has 2 unspecified atom stereocenters. The minimum absolute atomic E-state index is 0.0857. The van der Waals surface area contributed by atoms with Gasteiger partial charge in [-0.3, -0.25) is 9.59 Å². The van der Waals surface area contributed by atoms with E-state index in [1.807, 2.05) is 22.7 Å².